The first kappa shape index (κ1) is 21.3. The molecule has 0 fully saturated rings. The fourth-order valence-corrected chi connectivity index (χ4v) is 3.05. The van der Waals surface area contributed by atoms with Crippen molar-refractivity contribution >= 4 is 5.91 Å². The molecule has 6 heteroatoms. The van der Waals surface area contributed by atoms with Gasteiger partial charge in [0.1, 0.15) is 5.75 Å². The number of amides is 1. The van der Waals surface area contributed by atoms with Gasteiger partial charge in [0.05, 0.1) is 5.69 Å². The Morgan fingerprint density at radius 1 is 1.07 bits per heavy atom. The van der Waals surface area contributed by atoms with Crippen LogP contribution in [0.1, 0.15) is 24.5 Å². The first-order valence-corrected chi connectivity index (χ1v) is 10.1. The zero-order valence-corrected chi connectivity index (χ0v) is 17.6. The lowest BCUT2D eigenvalue weighted by Crippen LogP contribution is -2.37. The standard InChI is InChI=1S/C24H27N3O3/c1-17-9-7-12-22(18(17)2)30-19(3)24(29)25-15-8-16-27-23(28)14-13-21(26-27)20-10-5-4-6-11-20/h4-7,9-14,19H,8,15-16H2,1-3H3,(H,25,29)/t19-/m0/s1. The molecule has 3 aromatic rings. The molecule has 0 radical (unpaired) electrons. The monoisotopic (exact) mass is 405 g/mol. The van der Waals surface area contributed by atoms with Crippen LogP contribution < -0.4 is 15.6 Å². The van der Waals surface area contributed by atoms with Crippen molar-refractivity contribution in [1.82, 2.24) is 15.1 Å². The van der Waals surface area contributed by atoms with Gasteiger partial charge >= 0.3 is 0 Å². The predicted molar refractivity (Wildman–Crippen MR) is 118 cm³/mol. The summed E-state index contributed by atoms with van der Waals surface area (Å²) in [6, 6.07) is 18.7. The molecule has 1 aromatic heterocycles. The number of hydrogen-bond acceptors (Lipinski definition) is 4. The van der Waals surface area contributed by atoms with Crippen LogP contribution in [-0.2, 0) is 11.3 Å². The Hall–Kier alpha value is -3.41. The number of ether oxygens (including phenoxy) is 1. The van der Waals surface area contributed by atoms with Crippen molar-refractivity contribution in [2.45, 2.75) is 39.8 Å². The predicted octanol–water partition coefficient (Wildman–Crippen LogP) is 3.50. The Kier molecular flexibility index (Phi) is 7.01. The second kappa shape index (κ2) is 9.87. The minimum absolute atomic E-state index is 0.160. The van der Waals surface area contributed by atoms with Crippen LogP contribution in [0.15, 0.2) is 65.5 Å². The summed E-state index contributed by atoms with van der Waals surface area (Å²) < 4.78 is 7.24. The van der Waals surface area contributed by atoms with Crippen molar-refractivity contribution in [3.63, 3.8) is 0 Å². The number of aromatic nitrogens is 2. The third-order valence-electron chi connectivity index (χ3n) is 5.01. The smallest absolute Gasteiger partial charge is 0.266 e. The maximum atomic E-state index is 12.3. The van der Waals surface area contributed by atoms with Gasteiger partial charge in [-0.25, -0.2) is 4.68 Å². The molecule has 0 saturated carbocycles. The van der Waals surface area contributed by atoms with Crippen molar-refractivity contribution in [3.8, 4) is 17.0 Å². The van der Waals surface area contributed by atoms with Crippen LogP contribution in [0.25, 0.3) is 11.3 Å². The van der Waals surface area contributed by atoms with Gasteiger partial charge in [-0.05, 0) is 50.5 Å². The Morgan fingerprint density at radius 3 is 2.60 bits per heavy atom. The molecule has 1 N–H and O–H groups in total. The highest BCUT2D eigenvalue weighted by atomic mass is 16.5. The molecular weight excluding hydrogens is 378 g/mol. The summed E-state index contributed by atoms with van der Waals surface area (Å²) in [6.45, 7) is 6.57. The highest BCUT2D eigenvalue weighted by Gasteiger charge is 2.15. The summed E-state index contributed by atoms with van der Waals surface area (Å²) in [7, 11) is 0. The van der Waals surface area contributed by atoms with E-state index in [-0.39, 0.29) is 11.5 Å². The van der Waals surface area contributed by atoms with Crippen LogP contribution in [0.2, 0.25) is 0 Å². The van der Waals surface area contributed by atoms with E-state index < -0.39 is 6.10 Å². The molecule has 0 aliphatic heterocycles. The van der Waals surface area contributed by atoms with E-state index in [0.717, 1.165) is 22.4 Å². The van der Waals surface area contributed by atoms with Gasteiger partial charge in [0.15, 0.2) is 6.10 Å². The van der Waals surface area contributed by atoms with Crippen molar-refractivity contribution < 1.29 is 9.53 Å². The molecule has 30 heavy (non-hydrogen) atoms. The number of aryl methyl sites for hydroxylation is 2. The van der Waals surface area contributed by atoms with E-state index in [2.05, 4.69) is 10.4 Å². The van der Waals surface area contributed by atoms with Gasteiger partial charge in [0.25, 0.3) is 11.5 Å². The second-order valence-corrected chi connectivity index (χ2v) is 7.25. The molecule has 3 rings (SSSR count). The molecule has 6 nitrogen and oxygen atoms in total. The Balaban J connectivity index is 1.51. The zero-order chi connectivity index (χ0) is 21.5. The summed E-state index contributed by atoms with van der Waals surface area (Å²) >= 11 is 0. The molecule has 0 spiro atoms. The van der Waals surface area contributed by atoms with Crippen molar-refractivity contribution in [2.24, 2.45) is 0 Å². The minimum atomic E-state index is -0.604. The first-order valence-electron chi connectivity index (χ1n) is 10.1. The summed E-state index contributed by atoms with van der Waals surface area (Å²) in [5.74, 6) is 0.528. The van der Waals surface area contributed by atoms with Gasteiger partial charge in [0, 0.05) is 24.7 Å². The maximum Gasteiger partial charge on any atom is 0.266 e. The number of benzene rings is 2. The lowest BCUT2D eigenvalue weighted by molar-refractivity contribution is -0.127. The van der Waals surface area contributed by atoms with Gasteiger partial charge in [-0.1, -0.05) is 42.5 Å². The highest BCUT2D eigenvalue weighted by Crippen LogP contribution is 2.21. The van der Waals surface area contributed by atoms with Crippen LogP contribution in [0.3, 0.4) is 0 Å². The van der Waals surface area contributed by atoms with Crippen LogP contribution in [0.4, 0.5) is 0 Å². The maximum absolute atomic E-state index is 12.3. The number of nitrogens with one attached hydrogen (secondary N) is 1. The summed E-state index contributed by atoms with van der Waals surface area (Å²) in [6.07, 6.45) is -0.0136. The van der Waals surface area contributed by atoms with Crippen LogP contribution >= 0.6 is 0 Å². The lowest BCUT2D eigenvalue weighted by Gasteiger charge is -2.17. The molecular formula is C24H27N3O3. The van der Waals surface area contributed by atoms with Gasteiger partial charge in [-0.2, -0.15) is 5.10 Å². The minimum Gasteiger partial charge on any atom is -0.481 e. The SMILES string of the molecule is Cc1cccc(O[C@@H](C)C(=O)NCCCn2nc(-c3ccccc3)ccc2=O)c1C. The van der Waals surface area contributed by atoms with Crippen LogP contribution in [-0.4, -0.2) is 28.3 Å². The van der Waals surface area contributed by atoms with E-state index in [4.69, 9.17) is 4.74 Å². The van der Waals surface area contributed by atoms with Crippen molar-refractivity contribution in [1.29, 1.82) is 0 Å². The topological polar surface area (TPSA) is 73.2 Å². The van der Waals surface area contributed by atoms with E-state index in [1.165, 1.54) is 10.7 Å². The van der Waals surface area contributed by atoms with E-state index in [0.29, 0.717) is 25.3 Å². The molecule has 1 atom stereocenters. The number of carbonyl (C=O) groups excluding carboxylic acids is 1. The average Bonchev–Trinajstić information content (AvgIpc) is 2.76. The molecule has 0 saturated heterocycles. The van der Waals surface area contributed by atoms with E-state index in [9.17, 15) is 9.59 Å². The van der Waals surface area contributed by atoms with Gasteiger partial charge in [0.2, 0.25) is 0 Å². The lowest BCUT2D eigenvalue weighted by atomic mass is 10.1. The fraction of sp³-hybridized carbons (Fsp3) is 0.292. The number of rotatable bonds is 8. The molecule has 0 aliphatic rings. The van der Waals surface area contributed by atoms with Crippen molar-refractivity contribution in [3.05, 3.63) is 82.1 Å². The number of nitrogens with zero attached hydrogens (tertiary/aromatic N) is 2. The van der Waals surface area contributed by atoms with Gasteiger partial charge in [-0.3, -0.25) is 9.59 Å². The molecule has 1 heterocycles. The summed E-state index contributed by atoms with van der Waals surface area (Å²) in [4.78, 5) is 24.4. The Morgan fingerprint density at radius 2 is 1.83 bits per heavy atom. The van der Waals surface area contributed by atoms with E-state index in [1.54, 1.807) is 13.0 Å². The van der Waals surface area contributed by atoms with Gasteiger partial charge in [-0.15, -0.1) is 0 Å². The molecule has 0 unspecified atom stereocenters. The molecule has 0 aliphatic carbocycles. The molecule has 156 valence electrons. The number of hydrogen-bond donors (Lipinski definition) is 1. The van der Waals surface area contributed by atoms with E-state index >= 15 is 0 Å². The second-order valence-electron chi connectivity index (χ2n) is 7.25. The Bertz CT molecular complexity index is 1060. The zero-order valence-electron chi connectivity index (χ0n) is 17.6. The molecule has 1 amide bonds. The molecule has 0 bridgehead atoms. The summed E-state index contributed by atoms with van der Waals surface area (Å²) in [5, 5.41) is 7.30. The van der Waals surface area contributed by atoms with E-state index in [1.807, 2.05) is 62.4 Å². The van der Waals surface area contributed by atoms with Crippen LogP contribution in [0, 0.1) is 13.8 Å². The largest absolute Gasteiger partial charge is 0.481 e. The normalized spacial score (nSPS) is 11.7. The van der Waals surface area contributed by atoms with Gasteiger partial charge < -0.3 is 10.1 Å². The highest BCUT2D eigenvalue weighted by molar-refractivity contribution is 5.80. The fourth-order valence-electron chi connectivity index (χ4n) is 3.05. The third-order valence-corrected chi connectivity index (χ3v) is 5.01. The van der Waals surface area contributed by atoms with Crippen LogP contribution in [0.5, 0.6) is 5.75 Å². The quantitative estimate of drug-likeness (QED) is 0.582. The average molecular weight is 405 g/mol. The number of carbonyl (C=O) groups is 1. The molecule has 2 aromatic carbocycles. The first-order chi connectivity index (χ1) is 14.5. The summed E-state index contributed by atoms with van der Waals surface area (Å²) in [5.41, 5.74) is 3.69. The third kappa shape index (κ3) is 5.35. The Labute approximate surface area is 176 Å². The van der Waals surface area contributed by atoms with Crippen molar-refractivity contribution in [2.75, 3.05) is 6.54 Å².